The van der Waals surface area contributed by atoms with Gasteiger partial charge in [-0.25, -0.2) is 4.79 Å². The van der Waals surface area contributed by atoms with E-state index in [4.69, 9.17) is 4.74 Å². The Bertz CT molecular complexity index is 396. The summed E-state index contributed by atoms with van der Waals surface area (Å²) >= 11 is 0. The summed E-state index contributed by atoms with van der Waals surface area (Å²) in [5.41, 5.74) is 4.07. The molecule has 0 spiro atoms. The lowest BCUT2D eigenvalue weighted by Gasteiger charge is -2.03. The number of hydrogen-bond acceptors (Lipinski definition) is 2. The minimum absolute atomic E-state index is 0.248. The highest BCUT2D eigenvalue weighted by molar-refractivity contribution is 5.93. The molecule has 0 N–H and O–H groups in total. The molecule has 0 aliphatic carbocycles. The number of hydrogen-bond donors (Lipinski definition) is 0. The van der Waals surface area contributed by atoms with Crippen LogP contribution in [0, 0.1) is 13.8 Å². The lowest BCUT2D eigenvalue weighted by molar-refractivity contribution is -0.138. The van der Waals surface area contributed by atoms with Crippen LogP contribution in [0.25, 0.3) is 6.08 Å². The van der Waals surface area contributed by atoms with Crippen LogP contribution in [0.2, 0.25) is 0 Å². The van der Waals surface area contributed by atoms with Gasteiger partial charge < -0.3 is 4.74 Å². The Kier molecular flexibility index (Phi) is 4.29. The summed E-state index contributed by atoms with van der Waals surface area (Å²) in [5.74, 6) is -0.248. The molecule has 0 radical (unpaired) electrons. The summed E-state index contributed by atoms with van der Waals surface area (Å²) in [6.07, 6.45) is 1.86. The average Bonchev–Trinajstić information content (AvgIpc) is 2.16. The molecule has 0 saturated heterocycles. The van der Waals surface area contributed by atoms with Gasteiger partial charge in [-0.15, -0.1) is 0 Å². The van der Waals surface area contributed by atoms with Gasteiger partial charge in [0, 0.05) is 5.57 Å². The van der Waals surface area contributed by atoms with Gasteiger partial charge >= 0.3 is 5.97 Å². The van der Waals surface area contributed by atoms with E-state index in [-0.39, 0.29) is 5.97 Å². The zero-order chi connectivity index (χ0) is 12.1. The van der Waals surface area contributed by atoms with Gasteiger partial charge in [-0.1, -0.05) is 29.3 Å². The molecule has 0 bridgehead atoms. The second kappa shape index (κ2) is 5.50. The van der Waals surface area contributed by atoms with Crippen molar-refractivity contribution in [2.24, 2.45) is 0 Å². The largest absolute Gasteiger partial charge is 0.463 e. The molecule has 16 heavy (non-hydrogen) atoms. The first-order valence-corrected chi connectivity index (χ1v) is 5.46. The molecule has 0 aliphatic rings. The van der Waals surface area contributed by atoms with Crippen LogP contribution in [0.3, 0.4) is 0 Å². The van der Waals surface area contributed by atoms with Crippen molar-refractivity contribution in [1.29, 1.82) is 0 Å². The van der Waals surface area contributed by atoms with Crippen molar-refractivity contribution in [3.8, 4) is 0 Å². The smallest absolute Gasteiger partial charge is 0.333 e. The maximum Gasteiger partial charge on any atom is 0.333 e. The Morgan fingerprint density at radius 1 is 1.25 bits per heavy atom. The molecule has 1 rings (SSSR count). The summed E-state index contributed by atoms with van der Waals surface area (Å²) in [5, 5.41) is 0. The number of carbonyl (C=O) groups excluding carboxylic acids is 1. The van der Waals surface area contributed by atoms with E-state index in [0.717, 1.165) is 5.56 Å². The Hall–Kier alpha value is -1.57. The molecule has 0 aliphatic heterocycles. The lowest BCUT2D eigenvalue weighted by Crippen LogP contribution is -2.04. The molecule has 0 fully saturated rings. The van der Waals surface area contributed by atoms with Crippen LogP contribution in [0.4, 0.5) is 0 Å². The molecular weight excluding hydrogens is 200 g/mol. The number of rotatable bonds is 3. The average molecular weight is 218 g/mol. The predicted octanol–water partition coefficient (Wildman–Crippen LogP) is 3.27. The quantitative estimate of drug-likeness (QED) is 0.575. The SMILES string of the molecule is CCOC(=O)/C(C)=C/c1cc(C)cc(C)c1. The number of aryl methyl sites for hydroxylation is 2. The van der Waals surface area contributed by atoms with Gasteiger partial charge in [0.05, 0.1) is 6.61 Å². The van der Waals surface area contributed by atoms with Crippen molar-refractivity contribution in [3.05, 3.63) is 40.5 Å². The predicted molar refractivity (Wildman–Crippen MR) is 66.2 cm³/mol. The summed E-state index contributed by atoms with van der Waals surface area (Å²) in [7, 11) is 0. The summed E-state index contributed by atoms with van der Waals surface area (Å²) in [4.78, 5) is 11.4. The van der Waals surface area contributed by atoms with Gasteiger partial charge in [-0.05, 0) is 39.3 Å². The van der Waals surface area contributed by atoms with E-state index in [1.54, 1.807) is 6.92 Å². The van der Waals surface area contributed by atoms with Gasteiger partial charge in [-0.3, -0.25) is 0 Å². The van der Waals surface area contributed by atoms with E-state index in [1.807, 2.05) is 26.8 Å². The molecule has 0 amide bonds. The van der Waals surface area contributed by atoms with E-state index in [1.165, 1.54) is 11.1 Å². The van der Waals surface area contributed by atoms with Crippen LogP contribution in [0.5, 0.6) is 0 Å². The summed E-state index contributed by atoms with van der Waals surface area (Å²) in [6, 6.07) is 6.21. The van der Waals surface area contributed by atoms with Crippen LogP contribution < -0.4 is 0 Å². The zero-order valence-electron chi connectivity index (χ0n) is 10.3. The molecular formula is C14H18O2. The van der Waals surface area contributed by atoms with Crippen LogP contribution in [0.1, 0.15) is 30.5 Å². The van der Waals surface area contributed by atoms with Crippen molar-refractivity contribution in [2.45, 2.75) is 27.7 Å². The van der Waals surface area contributed by atoms with Crippen LogP contribution in [-0.4, -0.2) is 12.6 Å². The van der Waals surface area contributed by atoms with Crippen molar-refractivity contribution < 1.29 is 9.53 Å². The first kappa shape index (κ1) is 12.5. The lowest BCUT2D eigenvalue weighted by atomic mass is 10.1. The standard InChI is InChI=1S/C14H18O2/c1-5-16-14(15)12(4)9-13-7-10(2)6-11(3)8-13/h6-9H,5H2,1-4H3/b12-9+. The molecule has 2 nitrogen and oxygen atoms in total. The van der Waals surface area contributed by atoms with Gasteiger partial charge in [0.2, 0.25) is 0 Å². The minimum atomic E-state index is -0.248. The van der Waals surface area contributed by atoms with E-state index >= 15 is 0 Å². The third kappa shape index (κ3) is 3.54. The molecule has 1 aromatic rings. The third-order valence-electron chi connectivity index (χ3n) is 2.22. The first-order valence-electron chi connectivity index (χ1n) is 5.46. The number of ether oxygens (including phenoxy) is 1. The van der Waals surface area contributed by atoms with Crippen LogP contribution in [0.15, 0.2) is 23.8 Å². The maximum absolute atomic E-state index is 11.4. The first-order chi connectivity index (χ1) is 7.52. The fraction of sp³-hybridized carbons (Fsp3) is 0.357. The van der Waals surface area contributed by atoms with Gasteiger partial charge in [0.1, 0.15) is 0 Å². The monoisotopic (exact) mass is 218 g/mol. The molecule has 2 heteroatoms. The molecule has 0 saturated carbocycles. The highest BCUT2D eigenvalue weighted by atomic mass is 16.5. The fourth-order valence-electron chi connectivity index (χ4n) is 1.65. The van der Waals surface area contributed by atoms with Crippen molar-refractivity contribution >= 4 is 12.0 Å². The zero-order valence-corrected chi connectivity index (χ0v) is 10.3. The molecule has 86 valence electrons. The van der Waals surface area contributed by atoms with Gasteiger partial charge in [0.25, 0.3) is 0 Å². The Balaban J connectivity index is 2.93. The highest BCUT2D eigenvalue weighted by Crippen LogP contribution is 2.13. The van der Waals surface area contributed by atoms with E-state index in [9.17, 15) is 4.79 Å². The highest BCUT2D eigenvalue weighted by Gasteiger charge is 2.04. The van der Waals surface area contributed by atoms with Crippen molar-refractivity contribution in [1.82, 2.24) is 0 Å². The second-order valence-corrected chi connectivity index (χ2v) is 3.97. The van der Waals surface area contributed by atoms with Gasteiger partial charge in [0.15, 0.2) is 0 Å². The molecule has 0 atom stereocenters. The summed E-state index contributed by atoms with van der Waals surface area (Å²) in [6.45, 7) is 8.09. The number of benzene rings is 1. The van der Waals surface area contributed by atoms with Crippen molar-refractivity contribution in [2.75, 3.05) is 6.61 Å². The number of carbonyl (C=O) groups is 1. The Labute approximate surface area is 96.9 Å². The summed E-state index contributed by atoms with van der Waals surface area (Å²) < 4.78 is 4.93. The van der Waals surface area contributed by atoms with Crippen LogP contribution >= 0.6 is 0 Å². The Morgan fingerprint density at radius 3 is 2.31 bits per heavy atom. The molecule has 0 heterocycles. The molecule has 0 aromatic heterocycles. The molecule has 0 unspecified atom stereocenters. The van der Waals surface area contributed by atoms with E-state index < -0.39 is 0 Å². The fourth-order valence-corrected chi connectivity index (χ4v) is 1.65. The van der Waals surface area contributed by atoms with Crippen molar-refractivity contribution in [3.63, 3.8) is 0 Å². The van der Waals surface area contributed by atoms with E-state index in [2.05, 4.69) is 18.2 Å². The maximum atomic E-state index is 11.4. The minimum Gasteiger partial charge on any atom is -0.463 e. The topological polar surface area (TPSA) is 26.3 Å². The van der Waals surface area contributed by atoms with Crippen LogP contribution in [-0.2, 0) is 9.53 Å². The van der Waals surface area contributed by atoms with Gasteiger partial charge in [-0.2, -0.15) is 0 Å². The third-order valence-corrected chi connectivity index (χ3v) is 2.22. The molecule has 1 aromatic carbocycles. The second-order valence-electron chi connectivity index (χ2n) is 3.97. The van der Waals surface area contributed by atoms with E-state index in [0.29, 0.717) is 12.2 Å². The normalized spacial score (nSPS) is 11.4. The Morgan fingerprint density at radius 2 is 1.81 bits per heavy atom. The number of esters is 1.